The summed E-state index contributed by atoms with van der Waals surface area (Å²) in [4.78, 5) is 11.8. The first kappa shape index (κ1) is 15.4. The number of methoxy groups -OCH3 is 1. The normalized spacial score (nSPS) is 10.4. The Morgan fingerprint density at radius 3 is 2.90 bits per heavy atom. The van der Waals surface area contributed by atoms with Gasteiger partial charge in [-0.05, 0) is 31.0 Å². The van der Waals surface area contributed by atoms with E-state index in [0.29, 0.717) is 22.5 Å². The number of nitrogens with one attached hydrogen (secondary N) is 1. The average Bonchev–Trinajstić information content (AvgIpc) is 2.88. The predicted molar refractivity (Wildman–Crippen MR) is 80.7 cm³/mol. The lowest BCUT2D eigenvalue weighted by atomic mass is 10.1. The summed E-state index contributed by atoms with van der Waals surface area (Å²) >= 11 is 1.28. The Kier molecular flexibility index (Phi) is 5.24. The third-order valence-electron chi connectivity index (χ3n) is 2.89. The second kappa shape index (κ2) is 7.14. The number of carbonyl (C=O) groups excluding carboxylic acids is 1. The molecule has 0 aliphatic heterocycles. The minimum atomic E-state index is -0.268. The van der Waals surface area contributed by atoms with E-state index in [2.05, 4.69) is 15.5 Å². The largest absolute Gasteiger partial charge is 0.483 e. The van der Waals surface area contributed by atoms with Crippen LogP contribution in [0.5, 0.6) is 5.75 Å². The summed E-state index contributed by atoms with van der Waals surface area (Å²) in [6.07, 6.45) is 0. The van der Waals surface area contributed by atoms with Crippen molar-refractivity contribution in [2.45, 2.75) is 20.5 Å². The summed E-state index contributed by atoms with van der Waals surface area (Å²) in [5.41, 5.74) is 2.16. The Balaban J connectivity index is 1.88. The molecule has 0 atom stereocenters. The smallest absolute Gasteiger partial charge is 0.264 e. The summed E-state index contributed by atoms with van der Waals surface area (Å²) < 4.78 is 10.5. The zero-order chi connectivity index (χ0) is 15.2. The van der Waals surface area contributed by atoms with Crippen LogP contribution in [0.25, 0.3) is 0 Å². The number of hydrogen-bond donors (Lipinski definition) is 1. The van der Waals surface area contributed by atoms with Gasteiger partial charge in [-0.2, -0.15) is 0 Å². The maximum atomic E-state index is 11.8. The quantitative estimate of drug-likeness (QED) is 0.886. The highest BCUT2D eigenvalue weighted by atomic mass is 32.1. The maximum Gasteiger partial charge on any atom is 0.264 e. The summed E-state index contributed by atoms with van der Waals surface area (Å²) in [6.45, 7) is 4.28. The van der Waals surface area contributed by atoms with E-state index in [1.165, 1.54) is 11.3 Å². The van der Waals surface area contributed by atoms with Crippen molar-refractivity contribution >= 4 is 22.4 Å². The van der Waals surface area contributed by atoms with Crippen molar-refractivity contribution in [3.8, 4) is 5.75 Å². The first-order valence-corrected chi connectivity index (χ1v) is 7.22. The highest BCUT2D eigenvalue weighted by Gasteiger charge is 2.10. The Bertz CT molecular complexity index is 628. The fourth-order valence-corrected chi connectivity index (χ4v) is 2.39. The van der Waals surface area contributed by atoms with Crippen molar-refractivity contribution in [2.24, 2.45) is 0 Å². The van der Waals surface area contributed by atoms with Gasteiger partial charge in [-0.1, -0.05) is 23.5 Å². The first-order chi connectivity index (χ1) is 10.1. The molecule has 0 fully saturated rings. The predicted octanol–water partition coefficient (Wildman–Crippen LogP) is 2.32. The summed E-state index contributed by atoms with van der Waals surface area (Å²) in [6, 6.07) is 5.75. The SMILES string of the molecule is COCc1nnc(NC(=O)COc2cccc(C)c2C)s1. The molecule has 0 saturated heterocycles. The standard InChI is InChI=1S/C14H17N3O3S/c1-9-5-4-6-11(10(9)2)20-7-12(18)15-14-17-16-13(21-14)8-19-3/h4-6H,7-8H2,1-3H3,(H,15,17,18). The van der Waals surface area contributed by atoms with Crippen LogP contribution in [-0.2, 0) is 16.1 Å². The van der Waals surface area contributed by atoms with E-state index >= 15 is 0 Å². The molecule has 2 aromatic rings. The van der Waals surface area contributed by atoms with Gasteiger partial charge < -0.3 is 9.47 Å². The van der Waals surface area contributed by atoms with E-state index in [-0.39, 0.29) is 12.5 Å². The molecule has 1 heterocycles. The van der Waals surface area contributed by atoms with E-state index in [1.54, 1.807) is 7.11 Å². The molecule has 2 rings (SSSR count). The van der Waals surface area contributed by atoms with E-state index in [0.717, 1.165) is 11.1 Å². The van der Waals surface area contributed by atoms with Crippen LogP contribution in [0.2, 0.25) is 0 Å². The molecule has 1 aromatic heterocycles. The summed E-state index contributed by atoms with van der Waals surface area (Å²) in [5, 5.41) is 11.6. The van der Waals surface area contributed by atoms with E-state index in [9.17, 15) is 4.79 Å². The lowest BCUT2D eigenvalue weighted by molar-refractivity contribution is -0.118. The summed E-state index contributed by atoms with van der Waals surface area (Å²) in [5.74, 6) is 0.443. The molecule has 1 N–H and O–H groups in total. The number of aryl methyl sites for hydroxylation is 1. The maximum absolute atomic E-state index is 11.8. The van der Waals surface area contributed by atoms with Gasteiger partial charge in [-0.3, -0.25) is 10.1 Å². The van der Waals surface area contributed by atoms with Gasteiger partial charge in [0, 0.05) is 7.11 Å². The van der Waals surface area contributed by atoms with Crippen molar-refractivity contribution in [1.82, 2.24) is 10.2 Å². The van der Waals surface area contributed by atoms with Crippen LogP contribution < -0.4 is 10.1 Å². The topological polar surface area (TPSA) is 73.3 Å². The number of anilines is 1. The number of nitrogens with zero attached hydrogens (tertiary/aromatic N) is 2. The molecule has 6 nitrogen and oxygen atoms in total. The zero-order valence-corrected chi connectivity index (χ0v) is 13.0. The Morgan fingerprint density at radius 1 is 1.33 bits per heavy atom. The van der Waals surface area contributed by atoms with Gasteiger partial charge in [0.15, 0.2) is 6.61 Å². The van der Waals surface area contributed by atoms with Crippen LogP contribution >= 0.6 is 11.3 Å². The molecule has 0 spiro atoms. The second-order valence-corrected chi connectivity index (χ2v) is 5.53. The van der Waals surface area contributed by atoms with Gasteiger partial charge >= 0.3 is 0 Å². The number of rotatable bonds is 6. The summed E-state index contributed by atoms with van der Waals surface area (Å²) in [7, 11) is 1.58. The van der Waals surface area contributed by atoms with Crippen molar-refractivity contribution < 1.29 is 14.3 Å². The molecule has 0 bridgehead atoms. The number of carbonyl (C=O) groups is 1. The molecular weight excluding hydrogens is 290 g/mol. The molecule has 1 amide bonds. The number of hydrogen-bond acceptors (Lipinski definition) is 6. The number of aromatic nitrogens is 2. The monoisotopic (exact) mass is 307 g/mol. The van der Waals surface area contributed by atoms with Crippen LogP contribution in [-0.4, -0.2) is 29.8 Å². The second-order valence-electron chi connectivity index (χ2n) is 4.47. The fraction of sp³-hybridized carbons (Fsp3) is 0.357. The zero-order valence-electron chi connectivity index (χ0n) is 12.2. The number of benzene rings is 1. The Labute approximate surface area is 127 Å². The molecule has 21 heavy (non-hydrogen) atoms. The molecule has 0 aliphatic rings. The Morgan fingerprint density at radius 2 is 2.14 bits per heavy atom. The van der Waals surface area contributed by atoms with E-state index in [4.69, 9.17) is 9.47 Å². The lowest BCUT2D eigenvalue weighted by Crippen LogP contribution is -2.20. The molecule has 0 saturated carbocycles. The number of ether oxygens (including phenoxy) is 2. The van der Waals surface area contributed by atoms with Crippen LogP contribution in [0.4, 0.5) is 5.13 Å². The minimum absolute atomic E-state index is 0.0660. The third kappa shape index (κ3) is 4.24. The van der Waals surface area contributed by atoms with Crippen LogP contribution in [0, 0.1) is 13.8 Å². The van der Waals surface area contributed by atoms with Crippen molar-refractivity contribution in [3.63, 3.8) is 0 Å². The molecular formula is C14H17N3O3S. The van der Waals surface area contributed by atoms with Crippen molar-refractivity contribution in [2.75, 3.05) is 19.0 Å². The van der Waals surface area contributed by atoms with Gasteiger partial charge in [-0.15, -0.1) is 10.2 Å². The van der Waals surface area contributed by atoms with Gasteiger partial charge in [-0.25, -0.2) is 0 Å². The minimum Gasteiger partial charge on any atom is -0.483 e. The molecule has 0 aliphatic carbocycles. The molecule has 0 radical (unpaired) electrons. The van der Waals surface area contributed by atoms with Gasteiger partial charge in [0.2, 0.25) is 5.13 Å². The molecule has 1 aromatic carbocycles. The van der Waals surface area contributed by atoms with Crippen LogP contribution in [0.1, 0.15) is 16.1 Å². The lowest BCUT2D eigenvalue weighted by Gasteiger charge is -2.10. The number of amides is 1. The highest BCUT2D eigenvalue weighted by Crippen LogP contribution is 2.20. The van der Waals surface area contributed by atoms with Gasteiger partial charge in [0.25, 0.3) is 5.91 Å². The average molecular weight is 307 g/mol. The van der Waals surface area contributed by atoms with E-state index in [1.807, 2.05) is 32.0 Å². The fourth-order valence-electron chi connectivity index (χ4n) is 1.67. The van der Waals surface area contributed by atoms with Crippen molar-refractivity contribution in [3.05, 3.63) is 34.3 Å². The van der Waals surface area contributed by atoms with Gasteiger partial charge in [0.05, 0.1) is 0 Å². The van der Waals surface area contributed by atoms with Gasteiger partial charge in [0.1, 0.15) is 17.4 Å². The van der Waals surface area contributed by atoms with Crippen LogP contribution in [0.15, 0.2) is 18.2 Å². The third-order valence-corrected chi connectivity index (χ3v) is 3.71. The molecule has 0 unspecified atom stereocenters. The van der Waals surface area contributed by atoms with Crippen LogP contribution in [0.3, 0.4) is 0 Å². The molecule has 7 heteroatoms. The van der Waals surface area contributed by atoms with Crippen molar-refractivity contribution in [1.29, 1.82) is 0 Å². The molecule has 112 valence electrons. The van der Waals surface area contributed by atoms with E-state index < -0.39 is 0 Å². The first-order valence-electron chi connectivity index (χ1n) is 6.40. The highest BCUT2D eigenvalue weighted by molar-refractivity contribution is 7.15. The Hall–Kier alpha value is -1.99.